The van der Waals surface area contributed by atoms with E-state index in [1.165, 1.54) is 11.8 Å². The van der Waals surface area contributed by atoms with Crippen LogP contribution in [0.3, 0.4) is 0 Å². The van der Waals surface area contributed by atoms with Crippen molar-refractivity contribution in [3.8, 4) is 11.5 Å². The van der Waals surface area contributed by atoms with Crippen LogP contribution in [0.25, 0.3) is 10.8 Å². The molecule has 2 aromatic carbocycles. The maximum atomic E-state index is 11.9. The smallest absolute Gasteiger partial charge is 0.338 e. The summed E-state index contributed by atoms with van der Waals surface area (Å²) in [4.78, 5) is 12.7. The fourth-order valence-corrected chi connectivity index (χ4v) is 2.62. The minimum atomic E-state index is -0.419. The SMILES string of the molecule is C=C(C)C(=O)Oc1c(SC)cc(OC)c2cc(C)ccc12. The van der Waals surface area contributed by atoms with E-state index in [0.717, 1.165) is 27.0 Å². The molecule has 110 valence electrons. The van der Waals surface area contributed by atoms with E-state index in [-0.39, 0.29) is 0 Å². The van der Waals surface area contributed by atoms with Gasteiger partial charge < -0.3 is 9.47 Å². The molecule has 0 aliphatic heterocycles. The van der Waals surface area contributed by atoms with Crippen molar-refractivity contribution >= 4 is 28.5 Å². The van der Waals surface area contributed by atoms with Gasteiger partial charge in [0.2, 0.25) is 0 Å². The minimum absolute atomic E-state index is 0.373. The van der Waals surface area contributed by atoms with Crippen LogP contribution in [0.5, 0.6) is 11.5 Å². The molecule has 0 atom stereocenters. The monoisotopic (exact) mass is 302 g/mol. The second kappa shape index (κ2) is 6.22. The summed E-state index contributed by atoms with van der Waals surface area (Å²) in [6.07, 6.45) is 1.94. The molecule has 0 saturated carbocycles. The number of fused-ring (bicyclic) bond motifs is 1. The quantitative estimate of drug-likeness (QED) is 0.364. The third-order valence-corrected chi connectivity index (χ3v) is 3.90. The van der Waals surface area contributed by atoms with Crippen molar-refractivity contribution in [1.82, 2.24) is 0 Å². The zero-order valence-corrected chi connectivity index (χ0v) is 13.5. The van der Waals surface area contributed by atoms with Crippen LogP contribution >= 0.6 is 11.8 Å². The zero-order chi connectivity index (χ0) is 15.6. The summed E-state index contributed by atoms with van der Waals surface area (Å²) in [6, 6.07) is 7.86. The van der Waals surface area contributed by atoms with Crippen molar-refractivity contribution in [2.75, 3.05) is 13.4 Å². The van der Waals surface area contributed by atoms with Gasteiger partial charge in [0.1, 0.15) is 5.75 Å². The standard InChI is InChI=1S/C17H18O3S/c1-10(2)17(18)20-16-12-7-6-11(3)8-13(12)14(19-4)9-15(16)21-5/h6-9H,1H2,2-5H3. The van der Waals surface area contributed by atoms with Crippen LogP contribution in [0.1, 0.15) is 12.5 Å². The summed E-state index contributed by atoms with van der Waals surface area (Å²) in [7, 11) is 1.64. The highest BCUT2D eigenvalue weighted by molar-refractivity contribution is 7.98. The van der Waals surface area contributed by atoms with Crippen LogP contribution in [0.2, 0.25) is 0 Å². The molecule has 0 fully saturated rings. The average molecular weight is 302 g/mol. The lowest BCUT2D eigenvalue weighted by Crippen LogP contribution is -2.09. The Balaban J connectivity index is 2.72. The molecule has 0 aliphatic rings. The van der Waals surface area contributed by atoms with Crippen LogP contribution in [0.4, 0.5) is 0 Å². The lowest BCUT2D eigenvalue weighted by Gasteiger charge is -2.15. The molecule has 0 heterocycles. The maximum Gasteiger partial charge on any atom is 0.338 e. The number of methoxy groups -OCH3 is 1. The topological polar surface area (TPSA) is 35.5 Å². The van der Waals surface area contributed by atoms with Gasteiger partial charge in [-0.15, -0.1) is 11.8 Å². The van der Waals surface area contributed by atoms with Crippen molar-refractivity contribution < 1.29 is 14.3 Å². The van der Waals surface area contributed by atoms with Crippen molar-refractivity contribution in [1.29, 1.82) is 0 Å². The van der Waals surface area contributed by atoms with Gasteiger partial charge in [-0.05, 0) is 32.2 Å². The molecular formula is C17H18O3S. The Morgan fingerprint density at radius 2 is 1.95 bits per heavy atom. The number of thioether (sulfide) groups is 1. The molecule has 0 unspecified atom stereocenters. The first-order valence-corrected chi connectivity index (χ1v) is 7.73. The fourth-order valence-electron chi connectivity index (χ4n) is 2.06. The van der Waals surface area contributed by atoms with Crippen molar-refractivity contribution in [2.45, 2.75) is 18.7 Å². The van der Waals surface area contributed by atoms with E-state index in [1.54, 1.807) is 14.0 Å². The van der Waals surface area contributed by atoms with Gasteiger partial charge in [-0.25, -0.2) is 4.79 Å². The summed E-state index contributed by atoms with van der Waals surface area (Å²) >= 11 is 1.51. The largest absolute Gasteiger partial charge is 0.496 e. The van der Waals surface area contributed by atoms with Gasteiger partial charge in [0.25, 0.3) is 0 Å². The molecule has 0 amide bonds. The highest BCUT2D eigenvalue weighted by Crippen LogP contribution is 2.41. The number of rotatable bonds is 4. The molecular weight excluding hydrogens is 284 g/mol. The van der Waals surface area contributed by atoms with Gasteiger partial charge in [0.05, 0.1) is 12.0 Å². The van der Waals surface area contributed by atoms with E-state index in [4.69, 9.17) is 9.47 Å². The van der Waals surface area contributed by atoms with E-state index in [2.05, 4.69) is 6.58 Å². The molecule has 0 bridgehead atoms. The van der Waals surface area contributed by atoms with E-state index >= 15 is 0 Å². The normalized spacial score (nSPS) is 10.5. The minimum Gasteiger partial charge on any atom is -0.496 e. The Morgan fingerprint density at radius 1 is 1.24 bits per heavy atom. The number of hydrogen-bond acceptors (Lipinski definition) is 4. The Labute approximate surface area is 128 Å². The Morgan fingerprint density at radius 3 is 2.52 bits per heavy atom. The molecule has 4 heteroatoms. The lowest BCUT2D eigenvalue weighted by molar-refractivity contribution is -0.130. The first-order valence-electron chi connectivity index (χ1n) is 6.51. The number of esters is 1. The molecule has 0 saturated heterocycles. The maximum absolute atomic E-state index is 11.9. The predicted molar refractivity (Wildman–Crippen MR) is 87.5 cm³/mol. The number of carbonyl (C=O) groups excluding carboxylic acids is 1. The van der Waals surface area contributed by atoms with E-state index in [0.29, 0.717) is 11.3 Å². The van der Waals surface area contributed by atoms with Gasteiger partial charge >= 0.3 is 5.97 Å². The molecule has 0 aliphatic carbocycles. The molecule has 0 radical (unpaired) electrons. The van der Waals surface area contributed by atoms with Crippen LogP contribution in [-0.2, 0) is 4.79 Å². The number of benzene rings is 2. The lowest BCUT2D eigenvalue weighted by atomic mass is 10.1. The van der Waals surface area contributed by atoms with Gasteiger partial charge in [0.15, 0.2) is 5.75 Å². The third-order valence-electron chi connectivity index (χ3n) is 3.15. The molecule has 0 aromatic heterocycles. The van der Waals surface area contributed by atoms with Gasteiger partial charge in [-0.2, -0.15) is 0 Å². The highest BCUT2D eigenvalue weighted by Gasteiger charge is 2.17. The molecule has 3 nitrogen and oxygen atoms in total. The van der Waals surface area contributed by atoms with Gasteiger partial charge in [-0.1, -0.05) is 24.3 Å². The van der Waals surface area contributed by atoms with Crippen molar-refractivity contribution in [2.24, 2.45) is 0 Å². The molecule has 2 rings (SSSR count). The molecule has 2 aromatic rings. The number of hydrogen-bond donors (Lipinski definition) is 0. The van der Waals surface area contributed by atoms with Gasteiger partial charge in [-0.3, -0.25) is 0 Å². The predicted octanol–water partition coefficient (Wildman–Crippen LogP) is 4.36. The van der Waals surface area contributed by atoms with Crippen LogP contribution in [0, 0.1) is 6.92 Å². The summed E-state index contributed by atoms with van der Waals surface area (Å²) in [6.45, 7) is 7.28. The van der Waals surface area contributed by atoms with Crippen molar-refractivity contribution in [3.63, 3.8) is 0 Å². The average Bonchev–Trinajstić information content (AvgIpc) is 2.46. The Kier molecular flexibility index (Phi) is 4.58. The number of aryl methyl sites for hydroxylation is 1. The van der Waals surface area contributed by atoms with Gasteiger partial charge in [0, 0.05) is 16.3 Å². The number of carbonyl (C=O) groups is 1. The van der Waals surface area contributed by atoms with E-state index in [9.17, 15) is 4.79 Å². The first-order chi connectivity index (χ1) is 9.97. The fraction of sp³-hybridized carbons (Fsp3) is 0.235. The van der Waals surface area contributed by atoms with E-state index in [1.807, 2.05) is 37.4 Å². The summed E-state index contributed by atoms with van der Waals surface area (Å²) in [5, 5.41) is 1.79. The third kappa shape index (κ3) is 3.05. The zero-order valence-electron chi connectivity index (χ0n) is 12.6. The molecule has 21 heavy (non-hydrogen) atoms. The second-order valence-corrected chi connectivity index (χ2v) is 5.68. The number of ether oxygens (including phenoxy) is 2. The van der Waals surface area contributed by atoms with Crippen LogP contribution in [0.15, 0.2) is 41.3 Å². The summed E-state index contributed by atoms with van der Waals surface area (Å²) in [5.41, 5.74) is 1.49. The Hall–Kier alpha value is -1.94. The summed E-state index contributed by atoms with van der Waals surface area (Å²) < 4.78 is 11.0. The van der Waals surface area contributed by atoms with E-state index < -0.39 is 5.97 Å². The van der Waals surface area contributed by atoms with Crippen molar-refractivity contribution in [3.05, 3.63) is 42.0 Å². The Bertz CT molecular complexity index is 720. The molecule has 0 N–H and O–H groups in total. The van der Waals surface area contributed by atoms with Crippen LogP contribution in [-0.4, -0.2) is 19.3 Å². The second-order valence-electron chi connectivity index (χ2n) is 4.83. The summed E-state index contributed by atoms with van der Waals surface area (Å²) in [5.74, 6) is 0.914. The molecule has 0 spiro atoms. The van der Waals surface area contributed by atoms with Crippen LogP contribution < -0.4 is 9.47 Å². The highest BCUT2D eigenvalue weighted by atomic mass is 32.2. The first kappa shape index (κ1) is 15.4.